The van der Waals surface area contributed by atoms with Crippen LogP contribution in [-0.2, 0) is 10.9 Å². The molecule has 0 spiro atoms. The molecule has 4 nitrogen and oxygen atoms in total. The number of halogens is 3. The maximum atomic E-state index is 13.0. The van der Waals surface area contributed by atoms with E-state index in [0.29, 0.717) is 37.2 Å². The standard InChI is InChI=1S/C24H28F3NO3/c1-23(2,3)31-22(29)28-15-13-18(14-16-28)21(30-20-7-5-4-6-8-20)17-9-11-19(12-10-17)24(25,26)27/h4-12,18,21H,13-16H2,1-3H3. The van der Waals surface area contributed by atoms with Crippen LogP contribution in [0.25, 0.3) is 0 Å². The fraction of sp³-hybridized carbons (Fsp3) is 0.458. The van der Waals surface area contributed by atoms with Crippen LogP contribution in [0.2, 0.25) is 0 Å². The smallest absolute Gasteiger partial charge is 0.416 e. The fourth-order valence-electron chi connectivity index (χ4n) is 3.66. The van der Waals surface area contributed by atoms with Gasteiger partial charge in [-0.1, -0.05) is 30.3 Å². The summed E-state index contributed by atoms with van der Waals surface area (Å²) in [7, 11) is 0. The van der Waals surface area contributed by atoms with E-state index in [2.05, 4.69) is 0 Å². The summed E-state index contributed by atoms with van der Waals surface area (Å²) in [6, 6.07) is 14.4. The summed E-state index contributed by atoms with van der Waals surface area (Å²) in [6.45, 7) is 6.49. The first-order chi connectivity index (χ1) is 14.5. The number of hydrogen-bond donors (Lipinski definition) is 0. The lowest BCUT2D eigenvalue weighted by Gasteiger charge is -2.37. The number of ether oxygens (including phenoxy) is 2. The molecule has 1 fully saturated rings. The Bertz CT molecular complexity index is 852. The first-order valence-electron chi connectivity index (χ1n) is 10.4. The molecular formula is C24H28F3NO3. The Morgan fingerprint density at radius 1 is 0.968 bits per heavy atom. The van der Waals surface area contributed by atoms with Crippen LogP contribution in [0.5, 0.6) is 5.75 Å². The van der Waals surface area contributed by atoms with E-state index >= 15 is 0 Å². The highest BCUT2D eigenvalue weighted by Crippen LogP contribution is 2.37. The molecule has 0 aliphatic carbocycles. The van der Waals surface area contributed by atoms with Crippen molar-refractivity contribution in [1.82, 2.24) is 4.90 Å². The highest BCUT2D eigenvalue weighted by molar-refractivity contribution is 5.68. The number of carbonyl (C=O) groups is 1. The second-order valence-electron chi connectivity index (χ2n) is 8.78. The van der Waals surface area contributed by atoms with Gasteiger partial charge < -0.3 is 14.4 Å². The molecule has 168 valence electrons. The maximum Gasteiger partial charge on any atom is 0.416 e. The summed E-state index contributed by atoms with van der Waals surface area (Å²) >= 11 is 0. The molecule has 1 amide bonds. The van der Waals surface area contributed by atoms with Crippen molar-refractivity contribution in [2.75, 3.05) is 13.1 Å². The van der Waals surface area contributed by atoms with Gasteiger partial charge in [0.2, 0.25) is 0 Å². The number of rotatable bonds is 4. The largest absolute Gasteiger partial charge is 0.485 e. The number of benzene rings is 2. The van der Waals surface area contributed by atoms with Gasteiger partial charge in [-0.25, -0.2) is 4.79 Å². The van der Waals surface area contributed by atoms with Gasteiger partial charge in [0.25, 0.3) is 0 Å². The summed E-state index contributed by atoms with van der Waals surface area (Å²) in [5.41, 5.74) is -0.561. The summed E-state index contributed by atoms with van der Waals surface area (Å²) in [5.74, 6) is 0.706. The highest BCUT2D eigenvalue weighted by Gasteiger charge is 2.34. The van der Waals surface area contributed by atoms with Gasteiger partial charge in [-0.3, -0.25) is 0 Å². The van der Waals surface area contributed by atoms with Crippen molar-refractivity contribution in [3.05, 3.63) is 65.7 Å². The van der Waals surface area contributed by atoms with Gasteiger partial charge in [0.15, 0.2) is 0 Å². The van der Waals surface area contributed by atoms with Gasteiger partial charge in [0.05, 0.1) is 5.56 Å². The van der Waals surface area contributed by atoms with E-state index in [4.69, 9.17) is 9.47 Å². The van der Waals surface area contributed by atoms with E-state index in [1.807, 2.05) is 51.1 Å². The van der Waals surface area contributed by atoms with Gasteiger partial charge in [-0.15, -0.1) is 0 Å². The van der Waals surface area contributed by atoms with Crippen LogP contribution in [0, 0.1) is 5.92 Å². The zero-order valence-electron chi connectivity index (χ0n) is 18.0. The van der Waals surface area contributed by atoms with E-state index in [0.717, 1.165) is 12.1 Å². The van der Waals surface area contributed by atoms with Crippen molar-refractivity contribution in [3.63, 3.8) is 0 Å². The molecule has 1 aliphatic rings. The number of para-hydroxylation sites is 1. The quantitative estimate of drug-likeness (QED) is 0.552. The molecule has 0 saturated carbocycles. The summed E-state index contributed by atoms with van der Waals surface area (Å²) in [4.78, 5) is 14.0. The Kier molecular flexibility index (Phi) is 6.82. The molecule has 1 heterocycles. The number of carbonyl (C=O) groups excluding carboxylic acids is 1. The monoisotopic (exact) mass is 435 g/mol. The van der Waals surface area contributed by atoms with Crippen LogP contribution in [0.3, 0.4) is 0 Å². The fourth-order valence-corrected chi connectivity index (χ4v) is 3.66. The van der Waals surface area contributed by atoms with Crippen LogP contribution in [-0.4, -0.2) is 29.7 Å². The molecule has 1 unspecified atom stereocenters. The van der Waals surface area contributed by atoms with E-state index in [1.165, 1.54) is 12.1 Å². The molecule has 7 heteroatoms. The van der Waals surface area contributed by atoms with Crippen LogP contribution in [0.4, 0.5) is 18.0 Å². The summed E-state index contributed by atoms with van der Waals surface area (Å²) in [5, 5.41) is 0. The van der Waals surface area contributed by atoms with Crippen molar-refractivity contribution in [1.29, 1.82) is 0 Å². The Balaban J connectivity index is 1.76. The number of nitrogens with zero attached hydrogens (tertiary/aromatic N) is 1. The number of hydrogen-bond acceptors (Lipinski definition) is 3. The third kappa shape index (κ3) is 6.39. The van der Waals surface area contributed by atoms with Crippen molar-refractivity contribution in [2.45, 2.75) is 51.5 Å². The van der Waals surface area contributed by atoms with Crippen molar-refractivity contribution < 1.29 is 27.4 Å². The normalized spacial score (nSPS) is 16.6. The first-order valence-corrected chi connectivity index (χ1v) is 10.4. The number of piperidine rings is 1. The van der Waals surface area contributed by atoms with Gasteiger partial charge >= 0.3 is 12.3 Å². The average molecular weight is 435 g/mol. The summed E-state index contributed by atoms with van der Waals surface area (Å²) < 4.78 is 50.6. The summed E-state index contributed by atoms with van der Waals surface area (Å²) in [6.07, 6.45) is -3.81. The lowest BCUT2D eigenvalue weighted by atomic mass is 9.87. The lowest BCUT2D eigenvalue weighted by Crippen LogP contribution is -2.43. The van der Waals surface area contributed by atoms with Gasteiger partial charge in [-0.05, 0) is 63.4 Å². The minimum absolute atomic E-state index is 0.0515. The zero-order valence-corrected chi connectivity index (χ0v) is 18.0. The van der Waals surface area contributed by atoms with E-state index in [-0.39, 0.29) is 12.0 Å². The molecule has 0 N–H and O–H groups in total. The predicted molar refractivity (Wildman–Crippen MR) is 112 cm³/mol. The number of likely N-dealkylation sites (tertiary alicyclic amines) is 1. The van der Waals surface area contributed by atoms with E-state index < -0.39 is 23.4 Å². The van der Waals surface area contributed by atoms with E-state index in [9.17, 15) is 18.0 Å². The molecule has 0 bridgehead atoms. The molecular weight excluding hydrogens is 407 g/mol. The van der Waals surface area contributed by atoms with Crippen molar-refractivity contribution in [3.8, 4) is 5.75 Å². The Morgan fingerprint density at radius 3 is 2.06 bits per heavy atom. The molecule has 0 radical (unpaired) electrons. The highest BCUT2D eigenvalue weighted by atomic mass is 19.4. The molecule has 31 heavy (non-hydrogen) atoms. The Labute approximate surface area is 181 Å². The van der Waals surface area contributed by atoms with Gasteiger partial charge in [-0.2, -0.15) is 13.2 Å². The van der Waals surface area contributed by atoms with Crippen molar-refractivity contribution >= 4 is 6.09 Å². The molecule has 0 aromatic heterocycles. The van der Waals surface area contributed by atoms with Gasteiger partial charge in [0, 0.05) is 19.0 Å². The zero-order chi connectivity index (χ0) is 22.6. The number of amides is 1. The predicted octanol–water partition coefficient (Wildman–Crippen LogP) is 6.47. The molecule has 1 saturated heterocycles. The van der Waals surface area contributed by atoms with Crippen LogP contribution in [0.1, 0.15) is 50.8 Å². The molecule has 2 aromatic rings. The Morgan fingerprint density at radius 2 is 1.55 bits per heavy atom. The third-order valence-corrected chi connectivity index (χ3v) is 5.19. The molecule has 1 aliphatic heterocycles. The number of alkyl halides is 3. The Hall–Kier alpha value is -2.70. The van der Waals surface area contributed by atoms with Gasteiger partial charge in [0.1, 0.15) is 17.5 Å². The minimum atomic E-state index is -4.38. The van der Waals surface area contributed by atoms with Crippen molar-refractivity contribution in [2.24, 2.45) is 5.92 Å². The third-order valence-electron chi connectivity index (χ3n) is 5.19. The van der Waals surface area contributed by atoms with E-state index in [1.54, 1.807) is 4.90 Å². The molecule has 3 rings (SSSR count). The topological polar surface area (TPSA) is 38.8 Å². The van der Waals surface area contributed by atoms with Crippen LogP contribution >= 0.6 is 0 Å². The SMILES string of the molecule is CC(C)(C)OC(=O)N1CCC(C(Oc2ccccc2)c2ccc(C(F)(F)F)cc2)CC1. The second kappa shape index (κ2) is 9.20. The lowest BCUT2D eigenvalue weighted by molar-refractivity contribution is -0.137. The second-order valence-corrected chi connectivity index (χ2v) is 8.78. The molecule has 2 aromatic carbocycles. The first kappa shape index (κ1) is 23.0. The van der Waals surface area contributed by atoms with Crippen LogP contribution < -0.4 is 4.74 Å². The average Bonchev–Trinajstić information content (AvgIpc) is 2.71. The minimum Gasteiger partial charge on any atom is -0.485 e. The maximum absolute atomic E-state index is 13.0. The molecule has 1 atom stereocenters. The van der Waals surface area contributed by atoms with Crippen LogP contribution in [0.15, 0.2) is 54.6 Å².